The van der Waals surface area contributed by atoms with Crippen LogP contribution in [0, 0.1) is 11.8 Å². The lowest BCUT2D eigenvalue weighted by Crippen LogP contribution is -2.52. The molecular formula is C50H66O3. The summed E-state index contributed by atoms with van der Waals surface area (Å²) in [5, 5.41) is 0. The van der Waals surface area contributed by atoms with E-state index in [4.69, 9.17) is 14.2 Å². The van der Waals surface area contributed by atoms with Crippen LogP contribution in [0.25, 0.3) is 0 Å². The average Bonchev–Trinajstić information content (AvgIpc) is 3.17. The summed E-state index contributed by atoms with van der Waals surface area (Å²) in [6.07, 6.45) is 16.5. The van der Waals surface area contributed by atoms with E-state index in [0.717, 1.165) is 48.7 Å². The lowest BCUT2D eigenvalue weighted by Gasteiger charge is -2.52. The number of hydrogen-bond acceptors (Lipinski definition) is 3. The Hall–Kier alpha value is -3.56. The molecule has 53 heavy (non-hydrogen) atoms. The minimum Gasteiger partial charge on any atom is -0.457 e. The average molecular weight is 715 g/mol. The third-order valence-corrected chi connectivity index (χ3v) is 12.6. The lowest BCUT2D eigenvalue weighted by atomic mass is 9.69. The van der Waals surface area contributed by atoms with Crippen LogP contribution in [0.2, 0.25) is 0 Å². The van der Waals surface area contributed by atoms with Gasteiger partial charge < -0.3 is 14.2 Å². The standard InChI is InChI=1S/C50H66O3/c1-7-9-11-13-23-33-49(37(3)4,35-43-39-25-15-19-29-45(39)51-46-30-20-16-26-40(43)46)53-50(38(5)6,34-24-14-12-10-8-2)36-44-41-27-17-21-31-47(41)52-48-32-22-18-28-42(44)48/h15-22,25-32,37-38,43-44H,7-14,23-24,33-36H2,1-6H3. The van der Waals surface area contributed by atoms with Crippen molar-refractivity contribution in [3.8, 4) is 23.0 Å². The van der Waals surface area contributed by atoms with Gasteiger partial charge >= 0.3 is 0 Å². The van der Waals surface area contributed by atoms with E-state index >= 15 is 0 Å². The number of ether oxygens (including phenoxy) is 3. The van der Waals surface area contributed by atoms with E-state index in [1.54, 1.807) is 0 Å². The second-order valence-corrected chi connectivity index (χ2v) is 16.7. The highest BCUT2D eigenvalue weighted by Crippen LogP contribution is 2.55. The van der Waals surface area contributed by atoms with Crippen LogP contribution in [0.15, 0.2) is 97.1 Å². The molecule has 3 heteroatoms. The Bertz CT molecular complexity index is 1520. The SMILES string of the molecule is CCCCCCCC(CC1c2ccccc2Oc2ccccc21)(OC(CCCCCCC)(CC1c2ccccc2Oc2ccccc21)C(C)C)C(C)C. The number of benzene rings is 4. The topological polar surface area (TPSA) is 27.7 Å². The Labute approximate surface area is 321 Å². The van der Waals surface area contributed by atoms with Crippen molar-refractivity contribution in [1.82, 2.24) is 0 Å². The van der Waals surface area contributed by atoms with Crippen LogP contribution < -0.4 is 9.47 Å². The van der Waals surface area contributed by atoms with Crippen LogP contribution in [-0.4, -0.2) is 11.2 Å². The van der Waals surface area contributed by atoms with Crippen LogP contribution in [-0.2, 0) is 4.74 Å². The van der Waals surface area contributed by atoms with Crippen molar-refractivity contribution < 1.29 is 14.2 Å². The Morgan fingerprint density at radius 1 is 0.453 bits per heavy atom. The van der Waals surface area contributed by atoms with E-state index < -0.39 is 0 Å². The lowest BCUT2D eigenvalue weighted by molar-refractivity contribution is -0.212. The summed E-state index contributed by atoms with van der Waals surface area (Å²) in [4.78, 5) is 0. The van der Waals surface area contributed by atoms with Gasteiger partial charge in [0.05, 0.1) is 11.2 Å². The van der Waals surface area contributed by atoms with Crippen LogP contribution in [0.1, 0.15) is 166 Å². The van der Waals surface area contributed by atoms with E-state index in [0.29, 0.717) is 11.8 Å². The normalized spacial score (nSPS) is 16.2. The molecule has 0 radical (unpaired) electrons. The minimum atomic E-state index is -0.341. The van der Waals surface area contributed by atoms with Gasteiger partial charge in [0.25, 0.3) is 0 Å². The van der Waals surface area contributed by atoms with E-state index in [1.807, 2.05) is 0 Å². The molecular weight excluding hydrogens is 649 g/mol. The van der Waals surface area contributed by atoms with Crippen LogP contribution in [0.3, 0.4) is 0 Å². The maximum atomic E-state index is 8.35. The van der Waals surface area contributed by atoms with Crippen molar-refractivity contribution in [2.24, 2.45) is 11.8 Å². The van der Waals surface area contributed by atoms with Gasteiger partial charge in [0.2, 0.25) is 0 Å². The van der Waals surface area contributed by atoms with Gasteiger partial charge in [0.1, 0.15) is 23.0 Å². The molecule has 0 fully saturated rings. The summed E-state index contributed by atoms with van der Waals surface area (Å²) in [5.74, 6) is 4.96. The van der Waals surface area contributed by atoms with Crippen molar-refractivity contribution in [3.63, 3.8) is 0 Å². The highest BCUT2D eigenvalue weighted by molar-refractivity contribution is 5.55. The Balaban J connectivity index is 1.46. The number of fused-ring (bicyclic) bond motifs is 4. The third kappa shape index (κ3) is 8.88. The van der Waals surface area contributed by atoms with Gasteiger partial charge in [-0.3, -0.25) is 0 Å². The molecule has 2 heterocycles. The minimum absolute atomic E-state index is 0.188. The summed E-state index contributed by atoms with van der Waals surface area (Å²) >= 11 is 0. The molecule has 4 aromatic carbocycles. The first-order valence-electron chi connectivity index (χ1n) is 21.2. The second-order valence-electron chi connectivity index (χ2n) is 16.7. The summed E-state index contributed by atoms with van der Waals surface area (Å²) in [6, 6.07) is 34.9. The molecule has 0 N–H and O–H groups in total. The maximum Gasteiger partial charge on any atom is 0.131 e. The summed E-state index contributed by atoms with van der Waals surface area (Å²) in [5.41, 5.74) is 4.46. The first-order chi connectivity index (χ1) is 25.8. The van der Waals surface area contributed by atoms with Crippen molar-refractivity contribution in [1.29, 1.82) is 0 Å². The Kier molecular flexibility index (Phi) is 13.4. The smallest absolute Gasteiger partial charge is 0.131 e. The molecule has 284 valence electrons. The van der Waals surface area contributed by atoms with E-state index in [1.165, 1.54) is 86.5 Å². The zero-order valence-electron chi connectivity index (χ0n) is 33.7. The Morgan fingerprint density at radius 3 is 1.06 bits per heavy atom. The van der Waals surface area contributed by atoms with E-state index in [-0.39, 0.29) is 23.0 Å². The van der Waals surface area contributed by atoms with Gasteiger partial charge in [-0.25, -0.2) is 0 Å². The van der Waals surface area contributed by atoms with Crippen molar-refractivity contribution >= 4 is 0 Å². The molecule has 0 saturated carbocycles. The molecule has 0 spiro atoms. The predicted molar refractivity (Wildman–Crippen MR) is 222 cm³/mol. The number of hydrogen-bond donors (Lipinski definition) is 0. The predicted octanol–water partition coefficient (Wildman–Crippen LogP) is 15.2. The van der Waals surface area contributed by atoms with Gasteiger partial charge in [-0.2, -0.15) is 0 Å². The number of rotatable bonds is 20. The van der Waals surface area contributed by atoms with Crippen molar-refractivity contribution in [2.45, 2.75) is 154 Å². The van der Waals surface area contributed by atoms with Gasteiger partial charge in [0.15, 0.2) is 0 Å². The van der Waals surface area contributed by atoms with E-state index in [2.05, 4.69) is 139 Å². The molecule has 2 atom stereocenters. The quantitative estimate of drug-likeness (QED) is 0.0853. The molecule has 6 rings (SSSR count). The van der Waals surface area contributed by atoms with Gasteiger partial charge in [-0.1, -0.05) is 179 Å². The first-order valence-corrected chi connectivity index (χ1v) is 21.2. The first kappa shape index (κ1) is 39.1. The number of para-hydroxylation sites is 4. The molecule has 0 bridgehead atoms. The molecule has 2 unspecified atom stereocenters. The zero-order valence-corrected chi connectivity index (χ0v) is 33.7. The summed E-state index contributed by atoms with van der Waals surface area (Å²) < 4.78 is 21.4. The molecule has 0 aromatic heterocycles. The molecule has 2 aliphatic heterocycles. The van der Waals surface area contributed by atoms with Crippen LogP contribution in [0.4, 0.5) is 0 Å². The molecule has 0 saturated heterocycles. The summed E-state index contributed by atoms with van der Waals surface area (Å²) in [7, 11) is 0. The highest BCUT2D eigenvalue weighted by atomic mass is 16.5. The fourth-order valence-corrected chi connectivity index (χ4v) is 9.28. The molecule has 0 aliphatic carbocycles. The van der Waals surface area contributed by atoms with Gasteiger partial charge in [0, 0.05) is 34.1 Å². The van der Waals surface area contributed by atoms with Crippen LogP contribution in [0.5, 0.6) is 23.0 Å². The number of unbranched alkanes of at least 4 members (excludes halogenated alkanes) is 8. The third-order valence-electron chi connectivity index (χ3n) is 12.6. The largest absolute Gasteiger partial charge is 0.457 e. The molecule has 3 nitrogen and oxygen atoms in total. The Morgan fingerprint density at radius 2 is 0.755 bits per heavy atom. The molecule has 2 aliphatic rings. The second kappa shape index (κ2) is 18.2. The maximum absolute atomic E-state index is 8.35. The fraction of sp³-hybridized carbons (Fsp3) is 0.520. The van der Waals surface area contributed by atoms with Gasteiger partial charge in [-0.05, 0) is 61.8 Å². The highest BCUT2D eigenvalue weighted by Gasteiger charge is 2.49. The van der Waals surface area contributed by atoms with Gasteiger partial charge in [-0.15, -0.1) is 0 Å². The summed E-state index contributed by atoms with van der Waals surface area (Å²) in [6.45, 7) is 14.4. The zero-order chi connectivity index (χ0) is 37.3. The van der Waals surface area contributed by atoms with Crippen LogP contribution >= 0.6 is 0 Å². The monoisotopic (exact) mass is 715 g/mol. The van der Waals surface area contributed by atoms with E-state index in [9.17, 15) is 0 Å². The van der Waals surface area contributed by atoms with Crippen molar-refractivity contribution in [2.75, 3.05) is 0 Å². The molecule has 4 aromatic rings. The fourth-order valence-electron chi connectivity index (χ4n) is 9.28. The van der Waals surface area contributed by atoms with Crippen molar-refractivity contribution in [3.05, 3.63) is 119 Å². The molecule has 0 amide bonds.